The molecule has 2 rings (SSSR count). The fourth-order valence-corrected chi connectivity index (χ4v) is 2.26. The zero-order valence-corrected chi connectivity index (χ0v) is 11.4. The highest BCUT2D eigenvalue weighted by Gasteiger charge is 2.16. The van der Waals surface area contributed by atoms with E-state index in [1.165, 1.54) is 12.1 Å². The van der Waals surface area contributed by atoms with E-state index in [0.717, 1.165) is 30.9 Å². The first kappa shape index (κ1) is 13.7. The minimum absolute atomic E-state index is 0.158. The van der Waals surface area contributed by atoms with E-state index in [2.05, 4.69) is 28.7 Å². The van der Waals surface area contributed by atoms with Gasteiger partial charge in [0.25, 0.3) is 0 Å². The van der Waals surface area contributed by atoms with Crippen molar-refractivity contribution in [1.29, 1.82) is 0 Å². The monoisotopic (exact) mass is 261 g/mol. The van der Waals surface area contributed by atoms with Crippen LogP contribution in [0, 0.1) is 5.82 Å². The summed E-state index contributed by atoms with van der Waals surface area (Å²) in [4.78, 5) is 4.45. The summed E-state index contributed by atoms with van der Waals surface area (Å²) in [6.07, 6.45) is 4.63. The van der Waals surface area contributed by atoms with Gasteiger partial charge in [-0.2, -0.15) is 0 Å². The average molecular weight is 261 g/mol. The number of nitrogens with zero attached hydrogens (tertiary/aromatic N) is 2. The number of aryl methyl sites for hydroxylation is 1. The van der Waals surface area contributed by atoms with Gasteiger partial charge in [-0.1, -0.05) is 19.1 Å². The predicted molar refractivity (Wildman–Crippen MR) is 74.4 cm³/mol. The lowest BCUT2D eigenvalue weighted by Crippen LogP contribution is -2.26. The third kappa shape index (κ3) is 3.41. The Morgan fingerprint density at radius 1 is 1.26 bits per heavy atom. The van der Waals surface area contributed by atoms with E-state index in [9.17, 15) is 4.39 Å². The zero-order chi connectivity index (χ0) is 13.7. The molecule has 0 saturated heterocycles. The second kappa shape index (κ2) is 6.48. The summed E-state index contributed by atoms with van der Waals surface area (Å²) >= 11 is 0. The van der Waals surface area contributed by atoms with Gasteiger partial charge in [-0.05, 0) is 37.6 Å². The molecule has 1 aromatic carbocycles. The molecule has 102 valence electrons. The number of likely N-dealkylation sites (N-methyl/N-ethyl adjacent to an activating group) is 1. The molecule has 3 nitrogen and oxygen atoms in total. The molecule has 1 heterocycles. The molecule has 1 N–H and O–H groups in total. The number of nitrogens with one attached hydrogen (secondary N) is 1. The molecule has 0 fully saturated rings. The quantitative estimate of drug-likeness (QED) is 0.866. The smallest absolute Gasteiger partial charge is 0.126 e. The minimum atomic E-state index is -0.196. The van der Waals surface area contributed by atoms with Crippen LogP contribution in [0.1, 0.15) is 31.3 Å². The highest BCUT2D eigenvalue weighted by molar-refractivity contribution is 5.18. The number of hydrogen-bond donors (Lipinski definition) is 1. The Kier molecular flexibility index (Phi) is 4.68. The van der Waals surface area contributed by atoms with E-state index >= 15 is 0 Å². The second-order valence-electron chi connectivity index (χ2n) is 4.51. The molecule has 19 heavy (non-hydrogen) atoms. The first-order valence-corrected chi connectivity index (χ1v) is 6.73. The van der Waals surface area contributed by atoms with Gasteiger partial charge in [0.15, 0.2) is 0 Å². The summed E-state index contributed by atoms with van der Waals surface area (Å²) in [6, 6.07) is 6.83. The summed E-state index contributed by atoms with van der Waals surface area (Å²) in [7, 11) is 0. The Balaban J connectivity index is 2.18. The molecule has 0 bridgehead atoms. The van der Waals surface area contributed by atoms with Crippen molar-refractivity contribution in [3.05, 3.63) is 53.9 Å². The van der Waals surface area contributed by atoms with Crippen LogP contribution in [0.25, 0.3) is 0 Å². The predicted octanol–water partition coefficient (Wildman–Crippen LogP) is 2.94. The highest BCUT2D eigenvalue weighted by atomic mass is 19.1. The molecule has 0 saturated carbocycles. The topological polar surface area (TPSA) is 29.9 Å². The third-order valence-corrected chi connectivity index (χ3v) is 3.20. The largest absolute Gasteiger partial charge is 0.334 e. The molecule has 0 aliphatic heterocycles. The molecular formula is C15H20FN3. The molecular weight excluding hydrogens is 241 g/mol. The molecule has 1 atom stereocenters. The van der Waals surface area contributed by atoms with Crippen LogP contribution in [0.3, 0.4) is 0 Å². The lowest BCUT2D eigenvalue weighted by atomic mass is 10.1. The molecule has 4 heteroatoms. The van der Waals surface area contributed by atoms with Gasteiger partial charge < -0.3 is 9.88 Å². The number of aromatic nitrogens is 2. The second-order valence-corrected chi connectivity index (χ2v) is 4.51. The van der Waals surface area contributed by atoms with Gasteiger partial charge in [-0.3, -0.25) is 0 Å². The first-order valence-electron chi connectivity index (χ1n) is 6.73. The van der Waals surface area contributed by atoms with Crippen LogP contribution in [-0.4, -0.2) is 16.1 Å². The lowest BCUT2D eigenvalue weighted by molar-refractivity contribution is 0.495. The van der Waals surface area contributed by atoms with Crippen LogP contribution in [0.15, 0.2) is 36.7 Å². The van der Waals surface area contributed by atoms with E-state index in [-0.39, 0.29) is 11.9 Å². The van der Waals surface area contributed by atoms with Gasteiger partial charge in [0.2, 0.25) is 0 Å². The van der Waals surface area contributed by atoms with Crippen molar-refractivity contribution in [2.75, 3.05) is 6.54 Å². The maximum Gasteiger partial charge on any atom is 0.126 e. The van der Waals surface area contributed by atoms with Crippen LogP contribution in [0.2, 0.25) is 0 Å². The summed E-state index contributed by atoms with van der Waals surface area (Å²) in [5, 5.41) is 3.45. The van der Waals surface area contributed by atoms with Crippen molar-refractivity contribution >= 4 is 0 Å². The van der Waals surface area contributed by atoms with Crippen molar-refractivity contribution in [2.24, 2.45) is 0 Å². The summed E-state index contributed by atoms with van der Waals surface area (Å²) in [5.74, 6) is 0.840. The van der Waals surface area contributed by atoms with Crippen molar-refractivity contribution in [3.8, 4) is 0 Å². The van der Waals surface area contributed by atoms with E-state index in [4.69, 9.17) is 0 Å². The van der Waals surface area contributed by atoms with Gasteiger partial charge in [0.05, 0.1) is 6.04 Å². The average Bonchev–Trinajstić information content (AvgIpc) is 2.89. The zero-order valence-electron chi connectivity index (χ0n) is 11.4. The third-order valence-electron chi connectivity index (χ3n) is 3.20. The maximum absolute atomic E-state index is 12.9. The normalized spacial score (nSPS) is 12.6. The van der Waals surface area contributed by atoms with E-state index < -0.39 is 0 Å². The van der Waals surface area contributed by atoms with Crippen LogP contribution in [0.4, 0.5) is 4.39 Å². The van der Waals surface area contributed by atoms with Gasteiger partial charge in [0, 0.05) is 18.9 Å². The molecule has 0 amide bonds. The fourth-order valence-electron chi connectivity index (χ4n) is 2.26. The van der Waals surface area contributed by atoms with Crippen LogP contribution in [0.5, 0.6) is 0 Å². The van der Waals surface area contributed by atoms with Gasteiger partial charge >= 0.3 is 0 Å². The highest BCUT2D eigenvalue weighted by Crippen LogP contribution is 2.17. The number of benzene rings is 1. The Morgan fingerprint density at radius 3 is 2.63 bits per heavy atom. The van der Waals surface area contributed by atoms with Crippen molar-refractivity contribution < 1.29 is 4.39 Å². The molecule has 0 spiro atoms. The molecule has 1 aromatic heterocycles. The van der Waals surface area contributed by atoms with Crippen molar-refractivity contribution in [2.45, 2.75) is 32.9 Å². The van der Waals surface area contributed by atoms with E-state index in [0.29, 0.717) is 0 Å². The Labute approximate surface area is 113 Å². The Morgan fingerprint density at radius 2 is 2.00 bits per heavy atom. The van der Waals surface area contributed by atoms with E-state index in [1.54, 1.807) is 0 Å². The number of rotatable bonds is 6. The fraction of sp³-hybridized carbons (Fsp3) is 0.400. The van der Waals surface area contributed by atoms with Gasteiger partial charge in [0.1, 0.15) is 11.6 Å². The number of halogens is 1. The summed E-state index contributed by atoms with van der Waals surface area (Å²) in [5.41, 5.74) is 1.11. The van der Waals surface area contributed by atoms with Crippen LogP contribution >= 0.6 is 0 Å². The summed E-state index contributed by atoms with van der Waals surface area (Å²) in [6.45, 7) is 5.96. The number of imidazole rings is 1. The maximum atomic E-state index is 12.9. The summed E-state index contributed by atoms with van der Waals surface area (Å²) < 4.78 is 15.1. The first-order chi connectivity index (χ1) is 9.24. The molecule has 0 aliphatic carbocycles. The molecule has 1 unspecified atom stereocenters. The van der Waals surface area contributed by atoms with Crippen molar-refractivity contribution in [1.82, 2.24) is 14.9 Å². The minimum Gasteiger partial charge on any atom is -0.334 e. The van der Waals surface area contributed by atoms with Gasteiger partial charge in [-0.25, -0.2) is 9.37 Å². The van der Waals surface area contributed by atoms with Crippen LogP contribution < -0.4 is 5.32 Å². The molecule has 0 radical (unpaired) electrons. The lowest BCUT2D eigenvalue weighted by Gasteiger charge is -2.18. The number of hydrogen-bond acceptors (Lipinski definition) is 2. The standard InChI is InChI=1S/C15H20FN3/c1-3-17-14(15-18-9-10-19(15)4-2)11-12-5-7-13(16)8-6-12/h5-10,14,17H,3-4,11H2,1-2H3. The molecule has 2 aromatic rings. The van der Waals surface area contributed by atoms with E-state index in [1.807, 2.05) is 24.5 Å². The van der Waals surface area contributed by atoms with Gasteiger partial charge in [-0.15, -0.1) is 0 Å². The Hall–Kier alpha value is -1.68. The Bertz CT molecular complexity index is 504. The molecule has 0 aliphatic rings. The van der Waals surface area contributed by atoms with Crippen LogP contribution in [-0.2, 0) is 13.0 Å². The van der Waals surface area contributed by atoms with Crippen molar-refractivity contribution in [3.63, 3.8) is 0 Å². The SMILES string of the molecule is CCNC(Cc1ccc(F)cc1)c1nccn1CC.